The van der Waals surface area contributed by atoms with Gasteiger partial charge in [0.1, 0.15) is 17.3 Å². The Hall–Kier alpha value is -4.52. The van der Waals surface area contributed by atoms with E-state index < -0.39 is 0 Å². The molecule has 2 aromatic carbocycles. The molecule has 0 aliphatic carbocycles. The van der Waals surface area contributed by atoms with Crippen molar-refractivity contribution in [1.29, 1.82) is 0 Å². The zero-order chi connectivity index (χ0) is 25.1. The molecule has 180 valence electrons. The average Bonchev–Trinajstić information content (AvgIpc) is 3.51. The second kappa shape index (κ2) is 10.00. The Morgan fingerprint density at radius 3 is 2.28 bits per heavy atom. The highest BCUT2D eigenvalue weighted by Gasteiger charge is 2.18. The zero-order valence-corrected chi connectivity index (χ0v) is 20.6. The van der Waals surface area contributed by atoms with Crippen molar-refractivity contribution in [2.75, 3.05) is 0 Å². The Morgan fingerprint density at radius 1 is 0.861 bits per heavy atom. The number of rotatable bonds is 7. The van der Waals surface area contributed by atoms with E-state index in [0.29, 0.717) is 24.3 Å². The Bertz CT molecular complexity index is 1500. The molecule has 7 nitrogen and oxygen atoms in total. The summed E-state index contributed by atoms with van der Waals surface area (Å²) in [6, 6.07) is 20.3. The minimum atomic E-state index is -0.169. The van der Waals surface area contributed by atoms with E-state index in [2.05, 4.69) is 46.5 Å². The Labute approximate surface area is 210 Å². The summed E-state index contributed by atoms with van der Waals surface area (Å²) in [5.41, 5.74) is 6.58. The van der Waals surface area contributed by atoms with E-state index in [9.17, 15) is 4.79 Å². The minimum absolute atomic E-state index is 0.169. The molecule has 1 N–H and O–H groups in total. The molecule has 1 amide bonds. The summed E-state index contributed by atoms with van der Waals surface area (Å²) >= 11 is 0. The van der Waals surface area contributed by atoms with Crippen LogP contribution in [-0.2, 0) is 13.1 Å². The SMILES string of the molecule is Cc1ccc(Cn2cc(C(=O)NCc3ccnc(-n4ccnc4C)c3)c(-c3ccc(C)cc3)n2)cc1. The zero-order valence-electron chi connectivity index (χ0n) is 20.6. The van der Waals surface area contributed by atoms with Crippen molar-refractivity contribution in [3.8, 4) is 17.1 Å². The molecule has 0 bridgehead atoms. The number of benzene rings is 2. The standard InChI is InChI=1S/C29H28N6O/c1-20-4-8-23(9-5-20)18-34-19-26(28(33-34)25-10-6-21(2)7-11-25)29(36)32-17-24-12-13-31-27(16-24)35-15-14-30-22(35)3/h4-16,19H,17-18H2,1-3H3,(H,32,36). The highest BCUT2D eigenvalue weighted by atomic mass is 16.1. The van der Waals surface area contributed by atoms with Gasteiger partial charge in [-0.3, -0.25) is 14.0 Å². The van der Waals surface area contributed by atoms with Crippen molar-refractivity contribution in [2.24, 2.45) is 0 Å². The van der Waals surface area contributed by atoms with Crippen LogP contribution in [0, 0.1) is 20.8 Å². The van der Waals surface area contributed by atoms with Crippen LogP contribution in [0.1, 0.15) is 38.4 Å². The lowest BCUT2D eigenvalue weighted by Gasteiger charge is -2.08. The van der Waals surface area contributed by atoms with Crippen LogP contribution in [0.2, 0.25) is 0 Å². The monoisotopic (exact) mass is 476 g/mol. The highest BCUT2D eigenvalue weighted by Crippen LogP contribution is 2.23. The van der Waals surface area contributed by atoms with Gasteiger partial charge in [0.05, 0.1) is 12.1 Å². The number of imidazole rings is 1. The fourth-order valence-electron chi connectivity index (χ4n) is 4.07. The molecule has 0 spiro atoms. The molecule has 0 aliphatic heterocycles. The first-order valence-electron chi connectivity index (χ1n) is 11.9. The van der Waals surface area contributed by atoms with E-state index in [0.717, 1.165) is 33.9 Å². The molecule has 0 saturated heterocycles. The lowest BCUT2D eigenvalue weighted by molar-refractivity contribution is 0.0951. The van der Waals surface area contributed by atoms with E-state index >= 15 is 0 Å². The van der Waals surface area contributed by atoms with Gasteiger partial charge in [0.25, 0.3) is 5.91 Å². The molecule has 0 fully saturated rings. The van der Waals surface area contributed by atoms with Crippen molar-refractivity contribution in [2.45, 2.75) is 33.9 Å². The topological polar surface area (TPSA) is 77.6 Å². The molecular weight excluding hydrogens is 448 g/mol. The first-order chi connectivity index (χ1) is 17.5. The van der Waals surface area contributed by atoms with Gasteiger partial charge in [0.15, 0.2) is 0 Å². The van der Waals surface area contributed by atoms with Gasteiger partial charge in [0.2, 0.25) is 0 Å². The number of carbonyl (C=O) groups is 1. The lowest BCUT2D eigenvalue weighted by Crippen LogP contribution is -2.23. The van der Waals surface area contributed by atoms with Crippen LogP contribution in [0.4, 0.5) is 0 Å². The van der Waals surface area contributed by atoms with Gasteiger partial charge in [-0.1, -0.05) is 59.7 Å². The summed E-state index contributed by atoms with van der Waals surface area (Å²) in [5.74, 6) is 1.45. The predicted molar refractivity (Wildman–Crippen MR) is 140 cm³/mol. The number of aromatic nitrogens is 5. The molecule has 3 heterocycles. The number of aryl methyl sites for hydroxylation is 3. The number of hydrogen-bond acceptors (Lipinski definition) is 4. The maximum absolute atomic E-state index is 13.4. The minimum Gasteiger partial charge on any atom is -0.348 e. The predicted octanol–water partition coefficient (Wildman–Crippen LogP) is 5.03. The van der Waals surface area contributed by atoms with Crippen LogP contribution >= 0.6 is 0 Å². The normalized spacial score (nSPS) is 11.0. The van der Waals surface area contributed by atoms with Crippen LogP contribution in [0.3, 0.4) is 0 Å². The first-order valence-corrected chi connectivity index (χ1v) is 11.9. The molecule has 36 heavy (non-hydrogen) atoms. The number of carbonyl (C=O) groups excluding carboxylic acids is 1. The van der Waals surface area contributed by atoms with Gasteiger partial charge in [-0.25, -0.2) is 9.97 Å². The summed E-state index contributed by atoms with van der Waals surface area (Å²) in [6.07, 6.45) is 7.19. The molecule has 0 unspecified atom stereocenters. The van der Waals surface area contributed by atoms with Gasteiger partial charge < -0.3 is 5.32 Å². The molecule has 0 atom stereocenters. The average molecular weight is 477 g/mol. The highest BCUT2D eigenvalue weighted by molar-refractivity contribution is 5.99. The molecule has 0 saturated carbocycles. The number of hydrogen-bond donors (Lipinski definition) is 1. The smallest absolute Gasteiger partial charge is 0.255 e. The molecule has 7 heteroatoms. The van der Waals surface area contributed by atoms with Gasteiger partial charge in [-0.2, -0.15) is 5.10 Å². The quantitative estimate of drug-likeness (QED) is 0.357. The molecule has 0 aliphatic rings. The fourth-order valence-corrected chi connectivity index (χ4v) is 4.07. The van der Waals surface area contributed by atoms with E-state index in [4.69, 9.17) is 5.10 Å². The van der Waals surface area contributed by atoms with Crippen LogP contribution in [0.5, 0.6) is 0 Å². The van der Waals surface area contributed by atoms with E-state index in [1.165, 1.54) is 5.56 Å². The third-order valence-electron chi connectivity index (χ3n) is 6.13. The summed E-state index contributed by atoms with van der Waals surface area (Å²) in [4.78, 5) is 22.1. The Morgan fingerprint density at radius 2 is 1.58 bits per heavy atom. The van der Waals surface area contributed by atoms with Crippen LogP contribution in [0.15, 0.2) is 85.5 Å². The van der Waals surface area contributed by atoms with Crippen LogP contribution in [0.25, 0.3) is 17.1 Å². The third kappa shape index (κ3) is 5.10. The van der Waals surface area contributed by atoms with Gasteiger partial charge in [0, 0.05) is 36.9 Å². The van der Waals surface area contributed by atoms with Gasteiger partial charge in [-0.05, 0) is 44.0 Å². The van der Waals surface area contributed by atoms with Crippen molar-refractivity contribution >= 4 is 5.91 Å². The van der Waals surface area contributed by atoms with Crippen LogP contribution < -0.4 is 5.32 Å². The van der Waals surface area contributed by atoms with Crippen molar-refractivity contribution in [1.82, 2.24) is 29.6 Å². The van der Waals surface area contributed by atoms with E-state index in [1.807, 2.05) is 71.9 Å². The lowest BCUT2D eigenvalue weighted by atomic mass is 10.1. The molecular formula is C29H28N6O. The Kier molecular flexibility index (Phi) is 6.45. The largest absolute Gasteiger partial charge is 0.348 e. The number of pyridine rings is 1. The molecule has 3 aromatic heterocycles. The maximum atomic E-state index is 13.4. The van der Waals surface area contributed by atoms with E-state index in [-0.39, 0.29) is 5.91 Å². The van der Waals surface area contributed by atoms with Gasteiger partial charge in [-0.15, -0.1) is 0 Å². The number of amides is 1. The van der Waals surface area contributed by atoms with Crippen LogP contribution in [-0.4, -0.2) is 30.2 Å². The van der Waals surface area contributed by atoms with Gasteiger partial charge >= 0.3 is 0 Å². The summed E-state index contributed by atoms with van der Waals surface area (Å²) < 4.78 is 3.75. The number of nitrogens with zero attached hydrogens (tertiary/aromatic N) is 5. The summed E-state index contributed by atoms with van der Waals surface area (Å²) in [7, 11) is 0. The van der Waals surface area contributed by atoms with Crippen molar-refractivity contribution in [3.63, 3.8) is 0 Å². The third-order valence-corrected chi connectivity index (χ3v) is 6.13. The summed E-state index contributed by atoms with van der Waals surface area (Å²) in [6.45, 7) is 7.00. The van der Waals surface area contributed by atoms with Crippen molar-refractivity contribution in [3.05, 3.63) is 119 Å². The van der Waals surface area contributed by atoms with Crippen molar-refractivity contribution < 1.29 is 4.79 Å². The second-order valence-corrected chi connectivity index (χ2v) is 8.99. The molecule has 5 rings (SSSR count). The maximum Gasteiger partial charge on any atom is 0.255 e. The first kappa shape index (κ1) is 23.2. The number of nitrogens with one attached hydrogen (secondary N) is 1. The Balaban J connectivity index is 1.39. The van der Waals surface area contributed by atoms with E-state index in [1.54, 1.807) is 12.4 Å². The summed E-state index contributed by atoms with van der Waals surface area (Å²) in [5, 5.41) is 7.86. The molecule has 0 radical (unpaired) electrons. The fraction of sp³-hybridized carbons (Fsp3) is 0.172. The second-order valence-electron chi connectivity index (χ2n) is 8.99. The molecule has 5 aromatic rings.